The average Bonchev–Trinajstić information content (AvgIpc) is 2.68. The van der Waals surface area contributed by atoms with E-state index in [0.717, 1.165) is 6.54 Å². The maximum absolute atomic E-state index is 4.59. The minimum Gasteiger partial charge on any atom is -0.298 e. The van der Waals surface area contributed by atoms with Crippen LogP contribution in [-0.2, 0) is 0 Å². The van der Waals surface area contributed by atoms with Crippen molar-refractivity contribution in [1.29, 1.82) is 0 Å². The summed E-state index contributed by atoms with van der Waals surface area (Å²) in [5.41, 5.74) is 0. The molecule has 0 aliphatic heterocycles. The zero-order valence-electron chi connectivity index (χ0n) is 19.3. The van der Waals surface area contributed by atoms with Gasteiger partial charge in [0.2, 0.25) is 0 Å². The molecule has 0 spiro atoms. The van der Waals surface area contributed by atoms with Crippen LogP contribution in [-0.4, -0.2) is 12.8 Å². The summed E-state index contributed by atoms with van der Waals surface area (Å²) in [6.07, 6.45) is 33.3. The van der Waals surface area contributed by atoms with Crippen molar-refractivity contribution < 1.29 is 0 Å². The minimum atomic E-state index is 1.06. The van der Waals surface area contributed by atoms with E-state index in [4.69, 9.17) is 0 Å². The molecule has 0 bridgehead atoms. The Hall–Kier alpha value is -0.330. The molecule has 0 atom stereocenters. The summed E-state index contributed by atoms with van der Waals surface area (Å²) < 4.78 is 0. The number of rotatable bonds is 23. The summed E-state index contributed by atoms with van der Waals surface area (Å²) in [6, 6.07) is 0. The molecule has 0 unspecified atom stereocenters. The third kappa shape index (κ3) is 25.7. The maximum atomic E-state index is 4.59. The number of nitrogens with zero attached hydrogens (tertiary/aromatic N) is 1. The monoisotopic (exact) mass is 379 g/mol. The van der Waals surface area contributed by atoms with Gasteiger partial charge in [-0.1, -0.05) is 136 Å². The topological polar surface area (TPSA) is 12.4 Å². The van der Waals surface area contributed by atoms with Crippen molar-refractivity contribution in [3.05, 3.63) is 0 Å². The summed E-state index contributed by atoms with van der Waals surface area (Å²) in [5, 5.41) is 0. The van der Waals surface area contributed by atoms with Crippen LogP contribution in [0.15, 0.2) is 4.99 Å². The van der Waals surface area contributed by atoms with Gasteiger partial charge in [-0.05, 0) is 25.5 Å². The highest BCUT2D eigenvalue weighted by Crippen LogP contribution is 2.13. The molecular formula is C26H53N. The van der Waals surface area contributed by atoms with Gasteiger partial charge in [0.05, 0.1) is 0 Å². The van der Waals surface area contributed by atoms with E-state index < -0.39 is 0 Å². The zero-order chi connectivity index (χ0) is 19.7. The summed E-state index contributed by atoms with van der Waals surface area (Å²) in [6.45, 7) is 5.65. The van der Waals surface area contributed by atoms with Crippen LogP contribution in [0, 0.1) is 0 Å². The standard InChI is InChI=1S/C26H53N/c1-3-5-7-9-11-13-14-15-16-17-18-20-22-24-26-27-25-23-21-19-12-10-8-6-4-2/h25H,3-24,26H2,1-2H3. The van der Waals surface area contributed by atoms with Crippen LogP contribution in [0.5, 0.6) is 0 Å². The van der Waals surface area contributed by atoms with Crippen LogP contribution in [0.4, 0.5) is 0 Å². The summed E-state index contributed by atoms with van der Waals surface area (Å²) >= 11 is 0. The predicted molar refractivity (Wildman–Crippen MR) is 126 cm³/mol. The lowest BCUT2D eigenvalue weighted by atomic mass is 10.0. The first kappa shape index (κ1) is 26.7. The van der Waals surface area contributed by atoms with Crippen LogP contribution >= 0.6 is 0 Å². The lowest BCUT2D eigenvalue weighted by Gasteiger charge is -2.02. The Bertz CT molecular complexity index is 271. The fourth-order valence-corrected chi connectivity index (χ4v) is 3.77. The van der Waals surface area contributed by atoms with Gasteiger partial charge in [-0.2, -0.15) is 0 Å². The molecule has 0 fully saturated rings. The molecule has 1 heteroatoms. The molecule has 0 heterocycles. The second-order valence-electron chi connectivity index (χ2n) is 8.59. The van der Waals surface area contributed by atoms with E-state index in [1.54, 1.807) is 0 Å². The number of unbranched alkanes of at least 4 members (excludes halogenated alkanes) is 20. The van der Waals surface area contributed by atoms with Crippen molar-refractivity contribution in [3.8, 4) is 0 Å². The van der Waals surface area contributed by atoms with E-state index in [1.165, 1.54) is 141 Å². The molecule has 0 N–H and O–H groups in total. The third-order valence-corrected chi connectivity index (χ3v) is 5.71. The molecule has 0 saturated carbocycles. The number of hydrogen-bond donors (Lipinski definition) is 0. The Morgan fingerprint density at radius 1 is 0.407 bits per heavy atom. The Morgan fingerprint density at radius 2 is 0.741 bits per heavy atom. The molecule has 0 aromatic rings. The maximum Gasteiger partial charge on any atom is 0.0385 e. The SMILES string of the molecule is CCCCCCCCCC=NCCCCCCCCCCCCCCCC. The van der Waals surface area contributed by atoms with Gasteiger partial charge in [-0.3, -0.25) is 4.99 Å². The van der Waals surface area contributed by atoms with E-state index in [2.05, 4.69) is 25.1 Å². The van der Waals surface area contributed by atoms with Gasteiger partial charge in [0, 0.05) is 6.54 Å². The van der Waals surface area contributed by atoms with Crippen molar-refractivity contribution >= 4 is 6.21 Å². The van der Waals surface area contributed by atoms with E-state index in [9.17, 15) is 0 Å². The fourth-order valence-electron chi connectivity index (χ4n) is 3.77. The van der Waals surface area contributed by atoms with Gasteiger partial charge < -0.3 is 0 Å². The Morgan fingerprint density at radius 3 is 1.15 bits per heavy atom. The third-order valence-electron chi connectivity index (χ3n) is 5.71. The first-order chi connectivity index (χ1) is 13.4. The second kappa shape index (κ2) is 25.7. The molecule has 1 nitrogen and oxygen atoms in total. The van der Waals surface area contributed by atoms with E-state index in [1.807, 2.05) is 0 Å². The molecule has 27 heavy (non-hydrogen) atoms. The van der Waals surface area contributed by atoms with Crippen molar-refractivity contribution in [2.24, 2.45) is 4.99 Å². The molecule has 0 aliphatic carbocycles. The molecule has 0 aromatic heterocycles. The molecular weight excluding hydrogens is 326 g/mol. The van der Waals surface area contributed by atoms with Crippen LogP contribution in [0.25, 0.3) is 0 Å². The minimum absolute atomic E-state index is 1.06. The Labute approximate surface area is 173 Å². The van der Waals surface area contributed by atoms with Gasteiger partial charge in [0.1, 0.15) is 0 Å². The van der Waals surface area contributed by atoms with Crippen molar-refractivity contribution in [3.63, 3.8) is 0 Å². The van der Waals surface area contributed by atoms with Gasteiger partial charge in [0.25, 0.3) is 0 Å². The van der Waals surface area contributed by atoms with Gasteiger partial charge in [0.15, 0.2) is 0 Å². The first-order valence-corrected chi connectivity index (χ1v) is 12.9. The zero-order valence-corrected chi connectivity index (χ0v) is 19.3. The predicted octanol–water partition coefficient (Wildman–Crippen LogP) is 9.68. The molecule has 162 valence electrons. The molecule has 0 aliphatic rings. The molecule has 0 saturated heterocycles. The smallest absolute Gasteiger partial charge is 0.0385 e. The first-order valence-electron chi connectivity index (χ1n) is 12.9. The van der Waals surface area contributed by atoms with Crippen molar-refractivity contribution in [2.75, 3.05) is 6.54 Å². The second-order valence-corrected chi connectivity index (χ2v) is 8.59. The highest BCUT2D eigenvalue weighted by Gasteiger charge is 1.94. The van der Waals surface area contributed by atoms with Gasteiger partial charge in [-0.25, -0.2) is 0 Å². The fraction of sp³-hybridized carbons (Fsp3) is 0.962. The quantitative estimate of drug-likeness (QED) is 0.124. The normalized spacial score (nSPS) is 11.6. The molecule has 0 amide bonds. The summed E-state index contributed by atoms with van der Waals surface area (Å²) in [7, 11) is 0. The van der Waals surface area contributed by atoms with Crippen molar-refractivity contribution in [1.82, 2.24) is 0 Å². The molecule has 0 rings (SSSR count). The largest absolute Gasteiger partial charge is 0.298 e. The van der Waals surface area contributed by atoms with E-state index in [-0.39, 0.29) is 0 Å². The van der Waals surface area contributed by atoms with Crippen molar-refractivity contribution in [2.45, 2.75) is 155 Å². The van der Waals surface area contributed by atoms with Crippen LogP contribution in [0.1, 0.15) is 155 Å². The molecule has 0 aromatic carbocycles. The Kier molecular flexibility index (Phi) is 25.4. The Balaban J connectivity index is 3.04. The van der Waals surface area contributed by atoms with E-state index >= 15 is 0 Å². The highest BCUT2D eigenvalue weighted by molar-refractivity contribution is 5.56. The highest BCUT2D eigenvalue weighted by atomic mass is 14.7. The summed E-state index contributed by atoms with van der Waals surface area (Å²) in [5.74, 6) is 0. The molecule has 0 radical (unpaired) electrons. The van der Waals surface area contributed by atoms with Crippen LogP contribution in [0.2, 0.25) is 0 Å². The average molecular weight is 380 g/mol. The number of aliphatic imine (C=N–C) groups is 1. The lowest BCUT2D eigenvalue weighted by Crippen LogP contribution is -1.86. The van der Waals surface area contributed by atoms with Crippen LogP contribution in [0.3, 0.4) is 0 Å². The van der Waals surface area contributed by atoms with E-state index in [0.29, 0.717) is 0 Å². The summed E-state index contributed by atoms with van der Waals surface area (Å²) in [4.78, 5) is 4.59. The number of hydrogen-bond acceptors (Lipinski definition) is 1. The lowest BCUT2D eigenvalue weighted by molar-refractivity contribution is 0.536. The van der Waals surface area contributed by atoms with Gasteiger partial charge >= 0.3 is 0 Å². The van der Waals surface area contributed by atoms with Gasteiger partial charge in [-0.15, -0.1) is 0 Å². The van der Waals surface area contributed by atoms with Crippen LogP contribution < -0.4 is 0 Å².